The molecule has 3 aromatic rings. The van der Waals surface area contributed by atoms with E-state index in [1.54, 1.807) is 11.3 Å². The molecule has 28 heavy (non-hydrogen) atoms. The Labute approximate surface area is 176 Å². The number of anilines is 1. The van der Waals surface area contributed by atoms with Gasteiger partial charge in [-0.3, -0.25) is 4.79 Å². The summed E-state index contributed by atoms with van der Waals surface area (Å²) < 4.78 is 5.11. The first-order valence-electron chi connectivity index (χ1n) is 8.86. The molecule has 4 rings (SSSR count). The number of carbonyl (C=O) groups excluding carboxylic acids is 1. The fourth-order valence-electron chi connectivity index (χ4n) is 3.67. The van der Waals surface area contributed by atoms with Gasteiger partial charge in [0, 0.05) is 28.2 Å². The number of carbonyl (C=O) groups is 1. The molecule has 0 aliphatic carbocycles. The van der Waals surface area contributed by atoms with Crippen LogP contribution in [0.25, 0.3) is 17.0 Å². The van der Waals surface area contributed by atoms with Crippen molar-refractivity contribution in [3.63, 3.8) is 0 Å². The smallest absolute Gasteiger partial charge is 0.315 e. The number of halogens is 2. The Balaban J connectivity index is 1.80. The summed E-state index contributed by atoms with van der Waals surface area (Å²) in [4.78, 5) is 23.9. The summed E-state index contributed by atoms with van der Waals surface area (Å²) in [6.45, 7) is 3.08. The Bertz CT molecular complexity index is 1070. The molecule has 1 aliphatic rings. The summed E-state index contributed by atoms with van der Waals surface area (Å²) in [6, 6.07) is 5.68. The second-order valence-corrected chi connectivity index (χ2v) is 8.32. The van der Waals surface area contributed by atoms with Crippen molar-refractivity contribution in [3.8, 4) is 0 Å². The summed E-state index contributed by atoms with van der Waals surface area (Å²) in [7, 11) is 1.42. The summed E-state index contributed by atoms with van der Waals surface area (Å²) in [6.07, 6.45) is 3.98. The standard InChI is InChI=1S/C20H19Cl2N3O2S/c1-3-4-17-15(8-21)24-20(28-17)25-9-13(19(26)27-2)18-12-7-11(22)5-6-14(12)23-16(18)10-25/h3-7,13,23H,8-10H2,1-2H3/b4-3-. The number of H-pyrrole nitrogens is 1. The van der Waals surface area contributed by atoms with E-state index in [4.69, 9.17) is 32.9 Å². The van der Waals surface area contributed by atoms with Crippen LogP contribution in [0.5, 0.6) is 0 Å². The maximum Gasteiger partial charge on any atom is 0.315 e. The molecular formula is C20H19Cl2N3O2S. The maximum absolute atomic E-state index is 12.6. The van der Waals surface area contributed by atoms with Crippen LogP contribution in [0.15, 0.2) is 24.3 Å². The average molecular weight is 436 g/mol. The van der Waals surface area contributed by atoms with Crippen molar-refractivity contribution >= 4 is 62.6 Å². The van der Waals surface area contributed by atoms with Gasteiger partial charge in [-0.1, -0.05) is 29.0 Å². The molecule has 1 unspecified atom stereocenters. The van der Waals surface area contributed by atoms with E-state index in [2.05, 4.69) is 9.88 Å². The van der Waals surface area contributed by atoms with Crippen molar-refractivity contribution in [2.45, 2.75) is 25.3 Å². The molecule has 1 aliphatic heterocycles. The van der Waals surface area contributed by atoms with Gasteiger partial charge in [-0.15, -0.1) is 11.6 Å². The second kappa shape index (κ2) is 7.78. The molecule has 5 nitrogen and oxygen atoms in total. The topological polar surface area (TPSA) is 58.2 Å². The lowest BCUT2D eigenvalue weighted by molar-refractivity contribution is -0.142. The van der Waals surface area contributed by atoms with Gasteiger partial charge in [0.15, 0.2) is 5.13 Å². The van der Waals surface area contributed by atoms with E-state index in [9.17, 15) is 4.79 Å². The summed E-state index contributed by atoms with van der Waals surface area (Å²) >= 11 is 13.8. The molecule has 146 valence electrons. The first-order chi connectivity index (χ1) is 13.5. The SMILES string of the molecule is C/C=C\c1sc(N2Cc3[nH]c4ccc(Cl)cc4c3C(C(=O)OC)C2)nc1CCl. The van der Waals surface area contributed by atoms with Crippen LogP contribution < -0.4 is 4.90 Å². The number of esters is 1. The molecule has 3 heterocycles. The number of nitrogens with zero attached hydrogens (tertiary/aromatic N) is 2. The van der Waals surface area contributed by atoms with Crippen LogP contribution in [0.2, 0.25) is 5.02 Å². The fourth-order valence-corrected chi connectivity index (χ4v) is 5.19. The van der Waals surface area contributed by atoms with E-state index in [1.807, 2.05) is 37.3 Å². The van der Waals surface area contributed by atoms with E-state index < -0.39 is 5.92 Å². The minimum atomic E-state index is -0.422. The number of benzene rings is 1. The number of rotatable bonds is 4. The van der Waals surface area contributed by atoms with E-state index in [0.717, 1.165) is 37.9 Å². The summed E-state index contributed by atoms with van der Waals surface area (Å²) in [5.74, 6) is -0.343. The van der Waals surface area contributed by atoms with Crippen molar-refractivity contribution in [1.82, 2.24) is 9.97 Å². The number of hydrogen-bond donors (Lipinski definition) is 1. The molecule has 0 saturated heterocycles. The third-order valence-electron chi connectivity index (χ3n) is 4.90. The Morgan fingerprint density at radius 3 is 3.04 bits per heavy atom. The normalized spacial score (nSPS) is 16.7. The zero-order valence-corrected chi connectivity index (χ0v) is 17.8. The number of allylic oxidation sites excluding steroid dienone is 1. The van der Waals surface area contributed by atoms with Crippen LogP contribution in [0, 0.1) is 0 Å². The molecule has 1 N–H and O–H groups in total. The van der Waals surface area contributed by atoms with Crippen LogP contribution in [0.1, 0.15) is 34.7 Å². The third kappa shape index (κ3) is 3.30. The van der Waals surface area contributed by atoms with E-state index in [-0.39, 0.29) is 5.97 Å². The van der Waals surface area contributed by atoms with Crippen LogP contribution in [-0.2, 0) is 22.0 Å². The van der Waals surface area contributed by atoms with E-state index >= 15 is 0 Å². The molecule has 8 heteroatoms. The van der Waals surface area contributed by atoms with Gasteiger partial charge in [0.05, 0.1) is 30.1 Å². The monoisotopic (exact) mass is 435 g/mol. The van der Waals surface area contributed by atoms with Crippen molar-refractivity contribution in [2.75, 3.05) is 18.6 Å². The van der Waals surface area contributed by atoms with E-state index in [0.29, 0.717) is 24.0 Å². The van der Waals surface area contributed by atoms with Gasteiger partial charge >= 0.3 is 5.97 Å². The number of methoxy groups -OCH3 is 1. The second-order valence-electron chi connectivity index (χ2n) is 6.60. The highest BCUT2D eigenvalue weighted by Crippen LogP contribution is 2.39. The molecule has 0 fully saturated rings. The number of alkyl halides is 1. The Hall–Kier alpha value is -2.02. The summed E-state index contributed by atoms with van der Waals surface area (Å²) in [5, 5.41) is 2.45. The molecule has 0 radical (unpaired) electrons. The lowest BCUT2D eigenvalue weighted by Crippen LogP contribution is -2.37. The van der Waals surface area contributed by atoms with Crippen molar-refractivity contribution in [1.29, 1.82) is 0 Å². The van der Waals surface area contributed by atoms with Crippen LogP contribution in [-0.4, -0.2) is 29.6 Å². The number of ether oxygens (including phenoxy) is 1. The largest absolute Gasteiger partial charge is 0.468 e. The fraction of sp³-hybridized carbons (Fsp3) is 0.300. The minimum absolute atomic E-state index is 0.269. The molecular weight excluding hydrogens is 417 g/mol. The Morgan fingerprint density at radius 2 is 2.32 bits per heavy atom. The number of thiazole rings is 1. The molecule has 0 amide bonds. The highest BCUT2D eigenvalue weighted by Gasteiger charge is 2.35. The first-order valence-corrected chi connectivity index (χ1v) is 10.6. The van der Waals surface area contributed by atoms with Crippen molar-refractivity contribution < 1.29 is 9.53 Å². The molecule has 2 aromatic heterocycles. The quantitative estimate of drug-likeness (QED) is 0.444. The zero-order chi connectivity index (χ0) is 19.8. The molecule has 1 aromatic carbocycles. The molecule has 1 atom stereocenters. The molecule has 0 bridgehead atoms. The highest BCUT2D eigenvalue weighted by atomic mass is 35.5. The number of nitrogens with one attached hydrogen (secondary N) is 1. The minimum Gasteiger partial charge on any atom is -0.468 e. The van der Waals surface area contributed by atoms with Crippen molar-refractivity contribution in [2.24, 2.45) is 0 Å². The van der Waals surface area contributed by atoms with Gasteiger partial charge in [-0.2, -0.15) is 0 Å². The molecule has 0 saturated carbocycles. The number of hydrogen-bond acceptors (Lipinski definition) is 5. The third-order valence-corrected chi connectivity index (χ3v) is 6.51. The Kier molecular flexibility index (Phi) is 5.36. The number of fused-ring (bicyclic) bond motifs is 3. The number of aromatic nitrogens is 2. The van der Waals surface area contributed by atoms with Gasteiger partial charge in [-0.25, -0.2) is 4.98 Å². The van der Waals surface area contributed by atoms with Crippen LogP contribution in [0.3, 0.4) is 0 Å². The summed E-state index contributed by atoms with van der Waals surface area (Å²) in [5.41, 5.74) is 3.75. The average Bonchev–Trinajstić information content (AvgIpc) is 3.27. The lowest BCUT2D eigenvalue weighted by atomic mass is 9.92. The first kappa shape index (κ1) is 19.3. The predicted molar refractivity (Wildman–Crippen MR) is 115 cm³/mol. The maximum atomic E-state index is 12.6. The number of aromatic amines is 1. The van der Waals surface area contributed by atoms with Crippen LogP contribution >= 0.6 is 34.5 Å². The van der Waals surface area contributed by atoms with Crippen molar-refractivity contribution in [3.05, 3.63) is 51.1 Å². The van der Waals surface area contributed by atoms with Gasteiger partial charge in [0.2, 0.25) is 0 Å². The van der Waals surface area contributed by atoms with Gasteiger partial charge in [0.25, 0.3) is 0 Å². The lowest BCUT2D eigenvalue weighted by Gasteiger charge is -2.31. The van der Waals surface area contributed by atoms with Gasteiger partial charge in [0.1, 0.15) is 5.92 Å². The zero-order valence-electron chi connectivity index (χ0n) is 15.5. The highest BCUT2D eigenvalue weighted by molar-refractivity contribution is 7.16. The van der Waals surface area contributed by atoms with Gasteiger partial charge in [-0.05, 0) is 36.8 Å². The Morgan fingerprint density at radius 1 is 1.50 bits per heavy atom. The van der Waals surface area contributed by atoms with Crippen LogP contribution in [0.4, 0.5) is 5.13 Å². The van der Waals surface area contributed by atoms with E-state index in [1.165, 1.54) is 7.11 Å². The predicted octanol–water partition coefficient (Wildman–Crippen LogP) is 5.33. The molecule has 0 spiro atoms. The van der Waals surface area contributed by atoms with Gasteiger partial charge < -0.3 is 14.6 Å².